The average Bonchev–Trinajstić information content (AvgIpc) is 2.45. The van der Waals surface area contributed by atoms with Crippen LogP contribution in [-0.2, 0) is 14.3 Å². The van der Waals surface area contributed by atoms with Gasteiger partial charge in [0.25, 0.3) is 5.91 Å². The third-order valence-corrected chi connectivity index (χ3v) is 3.48. The van der Waals surface area contributed by atoms with Crippen LogP contribution in [0.1, 0.15) is 26.7 Å². The van der Waals surface area contributed by atoms with Gasteiger partial charge >= 0.3 is 0 Å². The molecule has 1 unspecified atom stereocenters. The first-order valence-electron chi connectivity index (χ1n) is 7.14. The fourth-order valence-corrected chi connectivity index (χ4v) is 2.45. The summed E-state index contributed by atoms with van der Waals surface area (Å²) in [5, 5.41) is 3.45. The molecule has 2 aliphatic heterocycles. The van der Waals surface area contributed by atoms with E-state index in [0.717, 1.165) is 26.1 Å². The maximum absolute atomic E-state index is 12.3. The SMILES string of the molecule is CC(C)NCC1CCCN(C(=O)C2=COCCO2)C1. The summed E-state index contributed by atoms with van der Waals surface area (Å²) in [5.41, 5.74) is 0. The van der Waals surface area contributed by atoms with Gasteiger partial charge < -0.3 is 19.7 Å². The van der Waals surface area contributed by atoms with Crippen LogP contribution < -0.4 is 5.32 Å². The monoisotopic (exact) mass is 268 g/mol. The first-order valence-corrected chi connectivity index (χ1v) is 7.14. The number of amides is 1. The van der Waals surface area contributed by atoms with Crippen molar-refractivity contribution in [2.24, 2.45) is 5.92 Å². The van der Waals surface area contributed by atoms with Crippen molar-refractivity contribution in [3.05, 3.63) is 12.0 Å². The molecular formula is C14H24N2O3. The largest absolute Gasteiger partial charge is 0.494 e. The van der Waals surface area contributed by atoms with Gasteiger partial charge in [0.1, 0.15) is 19.5 Å². The van der Waals surface area contributed by atoms with E-state index in [1.54, 1.807) is 0 Å². The van der Waals surface area contributed by atoms with Crippen LogP contribution in [0.3, 0.4) is 0 Å². The van der Waals surface area contributed by atoms with Crippen molar-refractivity contribution in [1.29, 1.82) is 0 Å². The van der Waals surface area contributed by atoms with Crippen molar-refractivity contribution in [3.8, 4) is 0 Å². The Balaban J connectivity index is 1.86. The molecule has 0 bridgehead atoms. The Labute approximate surface area is 114 Å². The molecular weight excluding hydrogens is 244 g/mol. The van der Waals surface area contributed by atoms with Gasteiger partial charge in [-0.2, -0.15) is 0 Å². The zero-order valence-corrected chi connectivity index (χ0v) is 11.9. The lowest BCUT2D eigenvalue weighted by atomic mass is 9.97. The van der Waals surface area contributed by atoms with Gasteiger partial charge in [0.15, 0.2) is 0 Å². The standard InChI is InChI=1S/C14H24N2O3/c1-11(2)15-8-12-4-3-5-16(9-12)14(17)13-10-18-6-7-19-13/h10-12,15H,3-9H2,1-2H3. The van der Waals surface area contributed by atoms with Crippen LogP contribution in [0.2, 0.25) is 0 Å². The summed E-state index contributed by atoms with van der Waals surface area (Å²) < 4.78 is 10.5. The second kappa shape index (κ2) is 6.80. The van der Waals surface area contributed by atoms with E-state index in [9.17, 15) is 4.79 Å². The minimum atomic E-state index is -0.0334. The number of rotatable bonds is 4. The third-order valence-electron chi connectivity index (χ3n) is 3.48. The molecule has 0 radical (unpaired) electrons. The van der Waals surface area contributed by atoms with E-state index in [-0.39, 0.29) is 5.91 Å². The summed E-state index contributed by atoms with van der Waals surface area (Å²) in [7, 11) is 0. The van der Waals surface area contributed by atoms with E-state index in [0.29, 0.717) is 30.9 Å². The number of carbonyl (C=O) groups excluding carboxylic acids is 1. The highest BCUT2D eigenvalue weighted by atomic mass is 16.6. The molecule has 2 heterocycles. The van der Waals surface area contributed by atoms with Crippen LogP contribution >= 0.6 is 0 Å². The molecule has 5 heteroatoms. The van der Waals surface area contributed by atoms with Gasteiger partial charge in [-0.25, -0.2) is 0 Å². The second-order valence-corrected chi connectivity index (χ2v) is 5.52. The highest BCUT2D eigenvalue weighted by molar-refractivity contribution is 5.91. The van der Waals surface area contributed by atoms with Gasteiger partial charge in [-0.1, -0.05) is 13.8 Å². The van der Waals surface area contributed by atoms with Crippen molar-refractivity contribution >= 4 is 5.91 Å². The summed E-state index contributed by atoms with van der Waals surface area (Å²) in [6.45, 7) is 7.86. The normalized spacial score (nSPS) is 23.6. The molecule has 2 rings (SSSR count). The summed E-state index contributed by atoms with van der Waals surface area (Å²) in [4.78, 5) is 14.2. The topological polar surface area (TPSA) is 50.8 Å². The fourth-order valence-electron chi connectivity index (χ4n) is 2.45. The molecule has 108 valence electrons. The molecule has 1 N–H and O–H groups in total. The summed E-state index contributed by atoms with van der Waals surface area (Å²) in [6, 6.07) is 0.490. The smallest absolute Gasteiger partial charge is 0.292 e. The van der Waals surface area contributed by atoms with Crippen molar-refractivity contribution < 1.29 is 14.3 Å². The number of nitrogens with zero attached hydrogens (tertiary/aromatic N) is 1. The zero-order chi connectivity index (χ0) is 13.7. The summed E-state index contributed by atoms with van der Waals surface area (Å²) >= 11 is 0. The van der Waals surface area contributed by atoms with Crippen LogP contribution in [0.4, 0.5) is 0 Å². The van der Waals surface area contributed by atoms with E-state index >= 15 is 0 Å². The van der Waals surface area contributed by atoms with Crippen molar-refractivity contribution in [3.63, 3.8) is 0 Å². The number of hydrogen-bond donors (Lipinski definition) is 1. The minimum absolute atomic E-state index is 0.0334. The predicted octanol–water partition coefficient (Wildman–Crippen LogP) is 1.11. The highest BCUT2D eigenvalue weighted by Crippen LogP contribution is 2.19. The maximum atomic E-state index is 12.3. The molecule has 0 aromatic heterocycles. The lowest BCUT2D eigenvalue weighted by Crippen LogP contribution is -2.44. The van der Waals surface area contributed by atoms with E-state index in [4.69, 9.17) is 9.47 Å². The molecule has 0 aliphatic carbocycles. The number of piperidine rings is 1. The average molecular weight is 268 g/mol. The van der Waals surface area contributed by atoms with E-state index in [1.165, 1.54) is 12.7 Å². The van der Waals surface area contributed by atoms with Crippen LogP contribution in [0, 0.1) is 5.92 Å². The maximum Gasteiger partial charge on any atom is 0.292 e. The molecule has 1 atom stereocenters. The highest BCUT2D eigenvalue weighted by Gasteiger charge is 2.27. The number of nitrogens with one attached hydrogen (secondary N) is 1. The molecule has 19 heavy (non-hydrogen) atoms. The van der Waals surface area contributed by atoms with Gasteiger partial charge in [0.05, 0.1) is 0 Å². The van der Waals surface area contributed by atoms with Gasteiger partial charge in [0, 0.05) is 19.1 Å². The predicted molar refractivity (Wildman–Crippen MR) is 72.4 cm³/mol. The van der Waals surface area contributed by atoms with Crippen LogP contribution in [-0.4, -0.2) is 49.7 Å². The van der Waals surface area contributed by atoms with Gasteiger partial charge in [-0.05, 0) is 25.3 Å². The Morgan fingerprint density at radius 1 is 1.53 bits per heavy atom. The summed E-state index contributed by atoms with van der Waals surface area (Å²) in [5.74, 6) is 0.850. The first-order chi connectivity index (χ1) is 9.16. The Bertz CT molecular complexity index is 342. The molecule has 2 aliphatic rings. The van der Waals surface area contributed by atoms with Crippen molar-refractivity contribution in [1.82, 2.24) is 10.2 Å². The number of ether oxygens (including phenoxy) is 2. The number of likely N-dealkylation sites (tertiary alicyclic amines) is 1. The Hall–Kier alpha value is -1.23. The van der Waals surface area contributed by atoms with Crippen LogP contribution in [0.15, 0.2) is 12.0 Å². The van der Waals surface area contributed by atoms with Gasteiger partial charge in [0.2, 0.25) is 5.76 Å². The minimum Gasteiger partial charge on any atom is -0.494 e. The molecule has 5 nitrogen and oxygen atoms in total. The lowest BCUT2D eigenvalue weighted by molar-refractivity contribution is -0.134. The molecule has 1 saturated heterocycles. The van der Waals surface area contributed by atoms with Crippen LogP contribution in [0.5, 0.6) is 0 Å². The quantitative estimate of drug-likeness (QED) is 0.830. The van der Waals surface area contributed by atoms with Crippen molar-refractivity contribution in [2.75, 3.05) is 32.8 Å². The molecule has 1 amide bonds. The van der Waals surface area contributed by atoms with E-state index in [1.807, 2.05) is 4.90 Å². The number of carbonyl (C=O) groups is 1. The Morgan fingerprint density at radius 3 is 3.05 bits per heavy atom. The van der Waals surface area contributed by atoms with Crippen LogP contribution in [0.25, 0.3) is 0 Å². The summed E-state index contributed by atoms with van der Waals surface area (Å²) in [6.07, 6.45) is 3.69. The first kappa shape index (κ1) is 14.2. The van der Waals surface area contributed by atoms with Crippen molar-refractivity contribution in [2.45, 2.75) is 32.7 Å². The Kier molecular flexibility index (Phi) is 5.07. The zero-order valence-electron chi connectivity index (χ0n) is 11.9. The molecule has 0 aromatic rings. The number of hydrogen-bond acceptors (Lipinski definition) is 4. The van der Waals surface area contributed by atoms with Gasteiger partial charge in [-0.3, -0.25) is 4.79 Å². The van der Waals surface area contributed by atoms with Gasteiger partial charge in [-0.15, -0.1) is 0 Å². The molecule has 0 spiro atoms. The van der Waals surface area contributed by atoms with E-state index < -0.39 is 0 Å². The second-order valence-electron chi connectivity index (χ2n) is 5.52. The third kappa shape index (κ3) is 4.13. The lowest BCUT2D eigenvalue weighted by Gasteiger charge is -2.33. The molecule has 0 aromatic carbocycles. The fraction of sp³-hybridized carbons (Fsp3) is 0.786. The molecule has 1 fully saturated rings. The van der Waals surface area contributed by atoms with E-state index in [2.05, 4.69) is 19.2 Å². The molecule has 0 saturated carbocycles. The Morgan fingerprint density at radius 2 is 2.37 bits per heavy atom.